The number of rotatable bonds is 7. The largest absolute Gasteiger partial charge is 0.478 e. The molecule has 4 N–H and O–H groups in total. The third-order valence-corrected chi connectivity index (χ3v) is 1.77. The van der Waals surface area contributed by atoms with Crippen LogP contribution in [0.25, 0.3) is 0 Å². The lowest BCUT2D eigenvalue weighted by molar-refractivity contribution is -0.136. The smallest absolute Gasteiger partial charge is 0.334 e. The Labute approximate surface area is 86.5 Å². The van der Waals surface area contributed by atoms with Crippen molar-refractivity contribution in [1.82, 2.24) is 0 Å². The number of carboxylic acids is 2. The van der Waals surface area contributed by atoms with Crippen molar-refractivity contribution in [1.29, 1.82) is 0 Å². The number of carboxylic acid groups (broad SMARTS) is 2. The van der Waals surface area contributed by atoms with E-state index in [0.29, 0.717) is 18.9 Å². The van der Waals surface area contributed by atoms with Gasteiger partial charge in [-0.2, -0.15) is 0 Å². The minimum absolute atomic E-state index is 0.0439. The van der Waals surface area contributed by atoms with Crippen molar-refractivity contribution in [2.24, 2.45) is 0 Å². The number of hydrogen-bond acceptors (Lipinski definition) is 4. The predicted molar refractivity (Wildman–Crippen MR) is 50.3 cm³/mol. The molecule has 0 spiro atoms. The van der Waals surface area contributed by atoms with Gasteiger partial charge in [-0.3, -0.25) is 0 Å². The molecule has 0 heterocycles. The summed E-state index contributed by atoms with van der Waals surface area (Å²) in [5.74, 6) is -2.86. The van der Waals surface area contributed by atoms with E-state index in [4.69, 9.17) is 15.3 Å². The molecule has 0 aliphatic heterocycles. The van der Waals surface area contributed by atoms with Gasteiger partial charge in [-0.15, -0.1) is 0 Å². The number of aliphatic carboxylic acids is 2. The minimum Gasteiger partial charge on any atom is -0.478 e. The average molecular weight is 218 g/mol. The Hall–Kier alpha value is -1.40. The molecule has 0 aromatic rings. The van der Waals surface area contributed by atoms with Gasteiger partial charge in [0.1, 0.15) is 0 Å². The second-order valence-corrected chi connectivity index (χ2v) is 2.98. The first-order valence-electron chi connectivity index (χ1n) is 4.45. The highest BCUT2D eigenvalue weighted by molar-refractivity contribution is 5.95. The number of carbonyl (C=O) groups is 2. The molecule has 15 heavy (non-hydrogen) atoms. The van der Waals surface area contributed by atoms with E-state index < -0.39 is 23.6 Å². The van der Waals surface area contributed by atoms with Crippen LogP contribution in [0.2, 0.25) is 0 Å². The Morgan fingerprint density at radius 3 is 2.20 bits per heavy atom. The molecule has 0 rings (SSSR count). The zero-order chi connectivity index (χ0) is 11.8. The molecule has 86 valence electrons. The molecular weight excluding hydrogens is 204 g/mol. The van der Waals surface area contributed by atoms with Crippen molar-refractivity contribution in [3.8, 4) is 0 Å². The van der Waals surface area contributed by atoms with Gasteiger partial charge in [0.15, 0.2) is 0 Å². The standard InChI is InChI=1S/C9H14O6/c10-4-2-1-3-7(11)6(9(14)15)5-8(12)13/h5,7,10-11H,1-4H2,(H,12,13)(H,14,15)/b6-5-. The molecule has 0 aliphatic carbocycles. The average Bonchev–Trinajstić information content (AvgIpc) is 2.13. The molecule has 1 unspecified atom stereocenters. The molecule has 0 aliphatic rings. The van der Waals surface area contributed by atoms with Crippen LogP contribution >= 0.6 is 0 Å². The van der Waals surface area contributed by atoms with E-state index in [1.807, 2.05) is 0 Å². The van der Waals surface area contributed by atoms with Gasteiger partial charge in [0.05, 0.1) is 11.7 Å². The highest BCUT2D eigenvalue weighted by Crippen LogP contribution is 2.10. The summed E-state index contributed by atoms with van der Waals surface area (Å²) < 4.78 is 0. The molecule has 0 radical (unpaired) electrons. The van der Waals surface area contributed by atoms with Crippen molar-refractivity contribution in [3.05, 3.63) is 11.6 Å². The zero-order valence-electron chi connectivity index (χ0n) is 8.09. The first-order chi connectivity index (χ1) is 6.99. The van der Waals surface area contributed by atoms with Crippen LogP contribution < -0.4 is 0 Å². The van der Waals surface area contributed by atoms with Gasteiger partial charge in [-0.05, 0) is 19.3 Å². The Balaban J connectivity index is 4.37. The minimum atomic E-state index is -1.45. The topological polar surface area (TPSA) is 115 Å². The van der Waals surface area contributed by atoms with E-state index in [2.05, 4.69) is 0 Å². The fourth-order valence-electron chi connectivity index (χ4n) is 1.04. The van der Waals surface area contributed by atoms with Crippen molar-refractivity contribution < 1.29 is 30.0 Å². The lowest BCUT2D eigenvalue weighted by atomic mass is 10.0. The van der Waals surface area contributed by atoms with Gasteiger partial charge in [0.25, 0.3) is 0 Å². The van der Waals surface area contributed by atoms with Gasteiger partial charge in [-0.1, -0.05) is 0 Å². The Morgan fingerprint density at radius 1 is 1.20 bits per heavy atom. The third kappa shape index (κ3) is 5.82. The van der Waals surface area contributed by atoms with Crippen molar-refractivity contribution >= 4 is 11.9 Å². The Morgan fingerprint density at radius 2 is 1.80 bits per heavy atom. The fourth-order valence-corrected chi connectivity index (χ4v) is 1.04. The van der Waals surface area contributed by atoms with Crippen LogP contribution in [0.5, 0.6) is 0 Å². The van der Waals surface area contributed by atoms with Crippen LogP contribution in [-0.2, 0) is 9.59 Å². The second kappa shape index (κ2) is 6.97. The van der Waals surface area contributed by atoms with Crippen molar-refractivity contribution in [2.75, 3.05) is 6.61 Å². The van der Waals surface area contributed by atoms with Crippen LogP contribution in [0.1, 0.15) is 19.3 Å². The maximum Gasteiger partial charge on any atom is 0.334 e. The van der Waals surface area contributed by atoms with Gasteiger partial charge < -0.3 is 20.4 Å². The van der Waals surface area contributed by atoms with Crippen LogP contribution in [0, 0.1) is 0 Å². The van der Waals surface area contributed by atoms with E-state index in [0.717, 1.165) is 0 Å². The first-order valence-corrected chi connectivity index (χ1v) is 4.45. The fraction of sp³-hybridized carbons (Fsp3) is 0.556. The van der Waals surface area contributed by atoms with Gasteiger partial charge in [-0.25, -0.2) is 9.59 Å². The van der Waals surface area contributed by atoms with Gasteiger partial charge >= 0.3 is 11.9 Å². The van der Waals surface area contributed by atoms with Gasteiger partial charge in [0, 0.05) is 12.7 Å². The molecule has 0 aromatic carbocycles. The van der Waals surface area contributed by atoms with Crippen LogP contribution in [0.4, 0.5) is 0 Å². The van der Waals surface area contributed by atoms with Crippen molar-refractivity contribution in [3.63, 3.8) is 0 Å². The molecule has 0 aromatic heterocycles. The van der Waals surface area contributed by atoms with Gasteiger partial charge in [0.2, 0.25) is 0 Å². The molecular formula is C9H14O6. The Kier molecular flexibility index (Phi) is 6.32. The number of aliphatic hydroxyl groups excluding tert-OH is 2. The highest BCUT2D eigenvalue weighted by Gasteiger charge is 2.18. The molecule has 0 saturated heterocycles. The molecule has 0 bridgehead atoms. The lowest BCUT2D eigenvalue weighted by Crippen LogP contribution is -2.19. The highest BCUT2D eigenvalue weighted by atomic mass is 16.4. The normalized spacial score (nSPS) is 13.6. The molecule has 0 amide bonds. The molecule has 1 atom stereocenters. The molecule has 6 heteroatoms. The summed E-state index contributed by atoms with van der Waals surface area (Å²) in [6, 6.07) is 0. The zero-order valence-corrected chi connectivity index (χ0v) is 8.09. The van der Waals surface area contributed by atoms with Crippen LogP contribution in [0.3, 0.4) is 0 Å². The summed E-state index contributed by atoms with van der Waals surface area (Å²) >= 11 is 0. The maximum atomic E-state index is 10.6. The quantitative estimate of drug-likeness (QED) is 0.341. The predicted octanol–water partition coefficient (Wildman–Crippen LogP) is -0.395. The van der Waals surface area contributed by atoms with E-state index in [9.17, 15) is 14.7 Å². The summed E-state index contributed by atoms with van der Waals surface area (Å²) in [6.07, 6.45) is 0.154. The Bertz CT molecular complexity index is 257. The summed E-state index contributed by atoms with van der Waals surface area (Å²) in [5, 5.41) is 34.8. The molecule has 0 fully saturated rings. The van der Waals surface area contributed by atoms with Crippen LogP contribution in [0.15, 0.2) is 11.6 Å². The van der Waals surface area contributed by atoms with E-state index in [-0.39, 0.29) is 13.0 Å². The second-order valence-electron chi connectivity index (χ2n) is 2.98. The summed E-state index contributed by atoms with van der Waals surface area (Å²) in [6.45, 7) is -0.0439. The number of unbranched alkanes of at least 4 members (excludes halogenated alkanes) is 1. The van der Waals surface area contributed by atoms with Crippen LogP contribution in [-0.4, -0.2) is 45.1 Å². The molecule has 6 nitrogen and oxygen atoms in total. The van der Waals surface area contributed by atoms with E-state index in [1.165, 1.54) is 0 Å². The summed E-state index contributed by atoms with van der Waals surface area (Å²) in [4.78, 5) is 20.8. The number of aliphatic hydroxyl groups is 2. The molecule has 0 saturated carbocycles. The monoisotopic (exact) mass is 218 g/mol. The SMILES string of the molecule is O=C(O)/C=C(\C(=O)O)C(O)CCCCO. The third-order valence-electron chi connectivity index (χ3n) is 1.77. The van der Waals surface area contributed by atoms with E-state index in [1.54, 1.807) is 0 Å². The maximum absolute atomic E-state index is 10.6. The van der Waals surface area contributed by atoms with E-state index >= 15 is 0 Å². The first kappa shape index (κ1) is 13.6. The summed E-state index contributed by atoms with van der Waals surface area (Å²) in [7, 11) is 0. The number of hydrogen-bond donors (Lipinski definition) is 4. The lowest BCUT2D eigenvalue weighted by Gasteiger charge is -2.10. The van der Waals surface area contributed by atoms with Crippen molar-refractivity contribution in [2.45, 2.75) is 25.4 Å². The summed E-state index contributed by atoms with van der Waals surface area (Å²) in [5.41, 5.74) is -0.541.